The van der Waals surface area contributed by atoms with Gasteiger partial charge in [0.15, 0.2) is 0 Å². The highest BCUT2D eigenvalue weighted by Gasteiger charge is 2.40. The highest BCUT2D eigenvalue weighted by atomic mass is 15.2. The van der Waals surface area contributed by atoms with E-state index in [2.05, 4.69) is 18.7 Å². The second-order valence-electron chi connectivity index (χ2n) is 5.44. The van der Waals surface area contributed by atoms with Gasteiger partial charge in [-0.25, -0.2) is 0 Å². The number of nitrogens with two attached hydrogens (primary N) is 1. The monoisotopic (exact) mass is 182 g/mol. The van der Waals surface area contributed by atoms with Gasteiger partial charge in [0.1, 0.15) is 0 Å². The molecule has 1 saturated carbocycles. The fourth-order valence-electron chi connectivity index (χ4n) is 3.08. The summed E-state index contributed by atoms with van der Waals surface area (Å²) < 4.78 is 0. The molecule has 76 valence electrons. The van der Waals surface area contributed by atoms with Crippen molar-refractivity contribution in [2.75, 3.05) is 13.1 Å². The molecule has 2 N–H and O–H groups in total. The molecule has 0 amide bonds. The van der Waals surface area contributed by atoms with E-state index in [0.29, 0.717) is 11.5 Å². The molecule has 1 aliphatic heterocycles. The lowest BCUT2D eigenvalue weighted by Crippen LogP contribution is -2.41. The fraction of sp³-hybridized carbons (Fsp3) is 1.00. The Morgan fingerprint density at radius 2 is 2.08 bits per heavy atom. The van der Waals surface area contributed by atoms with Gasteiger partial charge in [0.25, 0.3) is 0 Å². The summed E-state index contributed by atoms with van der Waals surface area (Å²) in [6.45, 7) is 7.19. The van der Waals surface area contributed by atoms with Crippen LogP contribution in [0, 0.1) is 5.41 Å². The summed E-state index contributed by atoms with van der Waals surface area (Å²) >= 11 is 0. The molecule has 0 bridgehead atoms. The zero-order valence-electron chi connectivity index (χ0n) is 8.92. The Labute approximate surface area is 81.5 Å². The van der Waals surface area contributed by atoms with Gasteiger partial charge in [-0.2, -0.15) is 0 Å². The van der Waals surface area contributed by atoms with E-state index in [4.69, 9.17) is 5.73 Å². The van der Waals surface area contributed by atoms with Crippen molar-refractivity contribution in [3.05, 3.63) is 0 Å². The Morgan fingerprint density at radius 3 is 2.54 bits per heavy atom. The number of hydrogen-bond acceptors (Lipinski definition) is 2. The van der Waals surface area contributed by atoms with Gasteiger partial charge in [-0.05, 0) is 24.7 Å². The first-order valence-electron chi connectivity index (χ1n) is 5.59. The molecule has 2 heteroatoms. The van der Waals surface area contributed by atoms with E-state index in [9.17, 15) is 0 Å². The van der Waals surface area contributed by atoms with Gasteiger partial charge in [-0.15, -0.1) is 0 Å². The molecule has 2 nitrogen and oxygen atoms in total. The molecule has 1 aliphatic carbocycles. The third kappa shape index (κ3) is 1.75. The van der Waals surface area contributed by atoms with Crippen molar-refractivity contribution in [1.82, 2.24) is 4.90 Å². The van der Waals surface area contributed by atoms with E-state index < -0.39 is 0 Å². The summed E-state index contributed by atoms with van der Waals surface area (Å²) in [4.78, 5) is 2.62. The quantitative estimate of drug-likeness (QED) is 0.667. The second kappa shape index (κ2) is 3.25. The minimum Gasteiger partial charge on any atom is -0.326 e. The summed E-state index contributed by atoms with van der Waals surface area (Å²) in [5.41, 5.74) is 6.47. The second-order valence-corrected chi connectivity index (χ2v) is 5.44. The van der Waals surface area contributed by atoms with Crippen LogP contribution >= 0.6 is 0 Å². The van der Waals surface area contributed by atoms with Gasteiger partial charge >= 0.3 is 0 Å². The van der Waals surface area contributed by atoms with Gasteiger partial charge in [0.2, 0.25) is 0 Å². The van der Waals surface area contributed by atoms with E-state index in [1.165, 1.54) is 32.2 Å². The zero-order chi connectivity index (χ0) is 9.47. The molecule has 0 radical (unpaired) electrons. The summed E-state index contributed by atoms with van der Waals surface area (Å²) in [5.74, 6) is 0. The first kappa shape index (κ1) is 9.47. The average Bonchev–Trinajstić information content (AvgIpc) is 2.56. The number of nitrogens with zero attached hydrogens (tertiary/aromatic N) is 1. The van der Waals surface area contributed by atoms with Gasteiger partial charge in [-0.1, -0.05) is 20.3 Å². The Hall–Kier alpha value is -0.0800. The van der Waals surface area contributed by atoms with Crippen molar-refractivity contribution < 1.29 is 0 Å². The maximum absolute atomic E-state index is 5.94. The van der Waals surface area contributed by atoms with Gasteiger partial charge in [0.05, 0.1) is 0 Å². The van der Waals surface area contributed by atoms with Gasteiger partial charge in [0, 0.05) is 25.2 Å². The van der Waals surface area contributed by atoms with Crippen LogP contribution in [0.3, 0.4) is 0 Å². The van der Waals surface area contributed by atoms with Crippen LogP contribution in [0.15, 0.2) is 0 Å². The molecule has 2 atom stereocenters. The molecule has 1 saturated heterocycles. The minimum absolute atomic E-state index is 0.441. The topological polar surface area (TPSA) is 29.3 Å². The maximum atomic E-state index is 5.94. The van der Waals surface area contributed by atoms with Crippen molar-refractivity contribution in [2.24, 2.45) is 11.1 Å². The first-order valence-corrected chi connectivity index (χ1v) is 5.59. The molecule has 13 heavy (non-hydrogen) atoms. The van der Waals surface area contributed by atoms with Crippen LogP contribution in [0.4, 0.5) is 0 Å². The summed E-state index contributed by atoms with van der Waals surface area (Å²) in [7, 11) is 0. The van der Waals surface area contributed by atoms with Crippen molar-refractivity contribution in [2.45, 2.75) is 51.6 Å². The average molecular weight is 182 g/mol. The van der Waals surface area contributed by atoms with Crippen LogP contribution in [0.5, 0.6) is 0 Å². The Bertz CT molecular complexity index is 189. The molecule has 1 heterocycles. The van der Waals surface area contributed by atoms with Crippen molar-refractivity contribution in [1.29, 1.82) is 0 Å². The molecule has 2 rings (SSSR count). The summed E-state index contributed by atoms with van der Waals surface area (Å²) in [5, 5.41) is 0. The minimum atomic E-state index is 0.441. The predicted molar refractivity (Wildman–Crippen MR) is 55.6 cm³/mol. The molecular weight excluding hydrogens is 160 g/mol. The predicted octanol–water partition coefficient (Wildman–Crippen LogP) is 1.60. The first-order chi connectivity index (χ1) is 6.09. The van der Waals surface area contributed by atoms with E-state index >= 15 is 0 Å². The lowest BCUT2D eigenvalue weighted by atomic mass is 9.86. The van der Waals surface area contributed by atoms with Crippen LogP contribution in [0.25, 0.3) is 0 Å². The number of likely N-dealkylation sites (tertiary alicyclic amines) is 1. The normalized spacial score (nSPS) is 39.9. The lowest BCUT2D eigenvalue weighted by molar-refractivity contribution is 0.138. The zero-order valence-corrected chi connectivity index (χ0v) is 8.92. The van der Waals surface area contributed by atoms with Crippen LogP contribution in [0.2, 0.25) is 0 Å². The SMILES string of the molecule is CC1(C)CCCC1N1CCC(N)C1. The highest BCUT2D eigenvalue weighted by Crippen LogP contribution is 2.41. The molecule has 2 aliphatic rings. The van der Waals surface area contributed by atoms with Gasteiger partial charge in [-0.3, -0.25) is 4.90 Å². The number of hydrogen-bond donors (Lipinski definition) is 1. The highest BCUT2D eigenvalue weighted by molar-refractivity contribution is 4.95. The molecule has 0 aromatic heterocycles. The fourth-order valence-corrected chi connectivity index (χ4v) is 3.08. The molecule has 2 unspecified atom stereocenters. The standard InChI is InChI=1S/C11H22N2/c1-11(2)6-3-4-10(11)13-7-5-9(12)8-13/h9-10H,3-8,12H2,1-2H3. The largest absolute Gasteiger partial charge is 0.326 e. The molecular formula is C11H22N2. The maximum Gasteiger partial charge on any atom is 0.0180 e. The third-order valence-electron chi connectivity index (χ3n) is 3.90. The van der Waals surface area contributed by atoms with Crippen molar-refractivity contribution in [3.63, 3.8) is 0 Å². The molecule has 0 aromatic carbocycles. The van der Waals surface area contributed by atoms with E-state index in [0.717, 1.165) is 12.6 Å². The van der Waals surface area contributed by atoms with Crippen molar-refractivity contribution in [3.8, 4) is 0 Å². The van der Waals surface area contributed by atoms with Gasteiger partial charge < -0.3 is 5.73 Å². The Balaban J connectivity index is 2.00. The van der Waals surface area contributed by atoms with Crippen LogP contribution in [-0.4, -0.2) is 30.1 Å². The van der Waals surface area contributed by atoms with Crippen LogP contribution < -0.4 is 5.73 Å². The van der Waals surface area contributed by atoms with E-state index in [-0.39, 0.29) is 0 Å². The lowest BCUT2D eigenvalue weighted by Gasteiger charge is -2.34. The smallest absolute Gasteiger partial charge is 0.0180 e. The summed E-state index contributed by atoms with van der Waals surface area (Å²) in [6.07, 6.45) is 5.39. The third-order valence-corrected chi connectivity index (χ3v) is 3.90. The van der Waals surface area contributed by atoms with Crippen LogP contribution in [0.1, 0.15) is 39.5 Å². The Morgan fingerprint density at radius 1 is 1.31 bits per heavy atom. The number of rotatable bonds is 1. The molecule has 0 spiro atoms. The molecule has 2 fully saturated rings. The Kier molecular flexibility index (Phi) is 2.37. The van der Waals surface area contributed by atoms with E-state index in [1.54, 1.807) is 0 Å². The summed E-state index contributed by atoms with van der Waals surface area (Å²) in [6, 6.07) is 1.25. The van der Waals surface area contributed by atoms with E-state index in [1.807, 2.05) is 0 Å². The molecule has 0 aromatic rings. The van der Waals surface area contributed by atoms with Crippen molar-refractivity contribution >= 4 is 0 Å². The van der Waals surface area contributed by atoms with Crippen LogP contribution in [-0.2, 0) is 0 Å².